The maximum Gasteiger partial charge on any atom is 0.202 e. The van der Waals surface area contributed by atoms with Gasteiger partial charge in [-0.3, -0.25) is 0 Å². The van der Waals surface area contributed by atoms with E-state index in [9.17, 15) is 0 Å². The Bertz CT molecular complexity index is 454. The van der Waals surface area contributed by atoms with E-state index in [0.717, 1.165) is 23.4 Å². The van der Waals surface area contributed by atoms with Crippen LogP contribution in [-0.4, -0.2) is 40.4 Å². The van der Waals surface area contributed by atoms with Crippen LogP contribution in [0.2, 0.25) is 0 Å². The summed E-state index contributed by atoms with van der Waals surface area (Å²) >= 11 is 1.53. The molecule has 2 atom stereocenters. The Balaban J connectivity index is 1.63. The zero-order valence-electron chi connectivity index (χ0n) is 12.9. The van der Waals surface area contributed by atoms with Crippen LogP contribution in [0.4, 0.5) is 5.13 Å². The average molecular weight is 294 g/mol. The van der Waals surface area contributed by atoms with Crippen molar-refractivity contribution < 1.29 is 0 Å². The molecule has 112 valence electrons. The molecule has 4 nitrogen and oxygen atoms in total. The zero-order valence-corrected chi connectivity index (χ0v) is 13.7. The van der Waals surface area contributed by atoms with Crippen molar-refractivity contribution in [3.8, 4) is 0 Å². The maximum atomic E-state index is 4.64. The second-order valence-corrected chi connectivity index (χ2v) is 7.66. The molecule has 1 aromatic rings. The number of hydrogen-bond donors (Lipinski definition) is 1. The fraction of sp³-hybridized carbons (Fsp3) is 0.867. The highest BCUT2D eigenvalue weighted by atomic mass is 32.1. The van der Waals surface area contributed by atoms with Gasteiger partial charge in [-0.05, 0) is 45.7 Å². The van der Waals surface area contributed by atoms with E-state index >= 15 is 0 Å². The highest BCUT2D eigenvalue weighted by Gasteiger charge is 2.37. The molecule has 0 amide bonds. The predicted octanol–water partition coefficient (Wildman–Crippen LogP) is 3.34. The molecule has 2 aliphatic rings. The van der Waals surface area contributed by atoms with Crippen LogP contribution < -0.4 is 5.32 Å². The van der Waals surface area contributed by atoms with Crippen LogP contribution in [0.25, 0.3) is 0 Å². The zero-order chi connectivity index (χ0) is 14.2. The monoisotopic (exact) mass is 294 g/mol. The van der Waals surface area contributed by atoms with Crippen LogP contribution in [0.5, 0.6) is 0 Å². The number of hydrogen-bond acceptors (Lipinski definition) is 5. The van der Waals surface area contributed by atoms with Crippen molar-refractivity contribution in [2.45, 2.75) is 56.9 Å². The lowest BCUT2D eigenvalue weighted by atomic mass is 9.75. The summed E-state index contributed by atoms with van der Waals surface area (Å²) in [5.74, 6) is 2.54. The van der Waals surface area contributed by atoms with E-state index in [1.54, 1.807) is 0 Å². The van der Waals surface area contributed by atoms with Crippen LogP contribution in [0, 0.1) is 5.92 Å². The van der Waals surface area contributed by atoms with Gasteiger partial charge < -0.3 is 10.2 Å². The van der Waals surface area contributed by atoms with Crippen LogP contribution in [-0.2, 0) is 0 Å². The quantitative estimate of drug-likeness (QED) is 0.904. The number of rotatable bonds is 5. The third-order valence-corrected chi connectivity index (χ3v) is 5.66. The van der Waals surface area contributed by atoms with Crippen molar-refractivity contribution in [2.24, 2.45) is 5.92 Å². The summed E-state index contributed by atoms with van der Waals surface area (Å²) in [7, 11) is 4.44. The lowest BCUT2D eigenvalue weighted by molar-refractivity contribution is 0.0882. The van der Waals surface area contributed by atoms with Gasteiger partial charge >= 0.3 is 0 Å². The Morgan fingerprint density at radius 1 is 1.35 bits per heavy atom. The van der Waals surface area contributed by atoms with E-state index in [1.165, 1.54) is 50.1 Å². The normalized spacial score (nSPS) is 30.7. The molecule has 0 aromatic carbocycles. The topological polar surface area (TPSA) is 41.1 Å². The molecular formula is C15H26N4S. The standard InChI is InChI=1S/C15H26N4S/c1-11-5-4-8-15(9-11,19(2)3)10-16-14-17-13(18-20-14)12-6-7-12/h11-12H,4-10H2,1-3H3,(H,16,17,18). The molecule has 20 heavy (non-hydrogen) atoms. The van der Waals surface area contributed by atoms with Crippen molar-refractivity contribution in [3.63, 3.8) is 0 Å². The Labute approximate surface area is 126 Å². The van der Waals surface area contributed by atoms with Crippen molar-refractivity contribution in [1.29, 1.82) is 0 Å². The third kappa shape index (κ3) is 2.98. The number of anilines is 1. The van der Waals surface area contributed by atoms with Crippen molar-refractivity contribution in [3.05, 3.63) is 5.82 Å². The molecule has 2 saturated carbocycles. The van der Waals surface area contributed by atoms with Crippen LogP contribution in [0.3, 0.4) is 0 Å². The van der Waals surface area contributed by atoms with Gasteiger partial charge in [0.1, 0.15) is 5.82 Å². The lowest BCUT2D eigenvalue weighted by Crippen LogP contribution is -2.52. The Hall–Kier alpha value is -0.680. The van der Waals surface area contributed by atoms with Crippen LogP contribution in [0.1, 0.15) is 57.2 Å². The highest BCUT2D eigenvalue weighted by Crippen LogP contribution is 2.40. The minimum absolute atomic E-state index is 0.281. The summed E-state index contributed by atoms with van der Waals surface area (Å²) in [5, 5.41) is 4.57. The van der Waals surface area contributed by atoms with Gasteiger partial charge in [0.05, 0.1) is 0 Å². The van der Waals surface area contributed by atoms with E-state index in [2.05, 4.69) is 40.6 Å². The van der Waals surface area contributed by atoms with Gasteiger partial charge in [-0.1, -0.05) is 19.8 Å². The van der Waals surface area contributed by atoms with Gasteiger partial charge in [0.25, 0.3) is 0 Å². The van der Waals surface area contributed by atoms with E-state index in [0.29, 0.717) is 5.92 Å². The average Bonchev–Trinajstić information content (AvgIpc) is 3.16. The summed E-state index contributed by atoms with van der Waals surface area (Å²) in [6.45, 7) is 3.37. The first-order valence-electron chi connectivity index (χ1n) is 7.84. The molecule has 2 fully saturated rings. The maximum absolute atomic E-state index is 4.64. The summed E-state index contributed by atoms with van der Waals surface area (Å²) in [6, 6.07) is 0. The van der Waals surface area contributed by atoms with Gasteiger partial charge in [-0.15, -0.1) is 0 Å². The summed E-state index contributed by atoms with van der Waals surface area (Å²) in [5.41, 5.74) is 0.281. The van der Waals surface area contributed by atoms with Gasteiger partial charge in [-0.2, -0.15) is 4.37 Å². The molecule has 0 saturated heterocycles. The number of aromatic nitrogens is 2. The Morgan fingerprint density at radius 2 is 2.15 bits per heavy atom. The summed E-state index contributed by atoms with van der Waals surface area (Å²) in [6.07, 6.45) is 7.82. The van der Waals surface area contributed by atoms with Gasteiger partial charge in [0.2, 0.25) is 5.13 Å². The first-order chi connectivity index (χ1) is 9.59. The molecule has 0 bridgehead atoms. The fourth-order valence-corrected chi connectivity index (χ4v) is 4.05. The molecule has 5 heteroatoms. The van der Waals surface area contributed by atoms with Crippen molar-refractivity contribution >= 4 is 16.7 Å². The predicted molar refractivity (Wildman–Crippen MR) is 84.4 cm³/mol. The Kier molecular flexibility index (Phi) is 4.00. The first-order valence-corrected chi connectivity index (χ1v) is 8.61. The molecule has 1 N–H and O–H groups in total. The number of likely N-dealkylation sites (N-methyl/N-ethyl adjacent to an activating group) is 1. The Morgan fingerprint density at radius 3 is 2.80 bits per heavy atom. The largest absolute Gasteiger partial charge is 0.358 e. The van der Waals surface area contributed by atoms with E-state index < -0.39 is 0 Å². The van der Waals surface area contributed by atoms with Gasteiger partial charge in [0.15, 0.2) is 0 Å². The minimum Gasteiger partial charge on any atom is -0.358 e. The molecule has 1 aromatic heterocycles. The first kappa shape index (κ1) is 14.3. The van der Waals surface area contributed by atoms with Crippen LogP contribution >= 0.6 is 11.5 Å². The molecule has 2 unspecified atom stereocenters. The second kappa shape index (κ2) is 5.60. The molecule has 1 heterocycles. The highest BCUT2D eigenvalue weighted by molar-refractivity contribution is 7.09. The smallest absolute Gasteiger partial charge is 0.202 e. The molecule has 2 aliphatic carbocycles. The van der Waals surface area contributed by atoms with E-state index in [4.69, 9.17) is 0 Å². The van der Waals surface area contributed by atoms with Crippen molar-refractivity contribution in [2.75, 3.05) is 26.0 Å². The fourth-order valence-electron chi connectivity index (χ4n) is 3.41. The minimum atomic E-state index is 0.281. The SMILES string of the molecule is CC1CCCC(CNc2nc(C3CC3)ns2)(N(C)C)C1. The number of nitrogens with one attached hydrogen (secondary N) is 1. The molecule has 0 aliphatic heterocycles. The van der Waals surface area contributed by atoms with Crippen molar-refractivity contribution in [1.82, 2.24) is 14.3 Å². The molecule has 3 rings (SSSR count). The van der Waals surface area contributed by atoms with E-state index in [-0.39, 0.29) is 5.54 Å². The lowest BCUT2D eigenvalue weighted by Gasteiger charge is -2.45. The van der Waals surface area contributed by atoms with E-state index in [1.807, 2.05) is 0 Å². The van der Waals surface area contributed by atoms with Crippen LogP contribution in [0.15, 0.2) is 0 Å². The molecular weight excluding hydrogens is 268 g/mol. The van der Waals surface area contributed by atoms with Gasteiger partial charge in [-0.25, -0.2) is 4.98 Å². The second-order valence-electron chi connectivity index (χ2n) is 6.91. The molecule has 0 spiro atoms. The summed E-state index contributed by atoms with van der Waals surface area (Å²) < 4.78 is 4.48. The van der Waals surface area contributed by atoms with Gasteiger partial charge in [0, 0.05) is 29.5 Å². The number of nitrogens with zero attached hydrogens (tertiary/aromatic N) is 3. The molecule has 0 radical (unpaired) electrons. The summed E-state index contributed by atoms with van der Waals surface area (Å²) in [4.78, 5) is 7.06. The third-order valence-electron chi connectivity index (χ3n) is 4.97.